The van der Waals surface area contributed by atoms with E-state index >= 15 is 0 Å². The van der Waals surface area contributed by atoms with Crippen molar-refractivity contribution >= 4 is 17.6 Å². The highest BCUT2D eigenvalue weighted by Crippen LogP contribution is 2.28. The van der Waals surface area contributed by atoms with Crippen LogP contribution in [0.5, 0.6) is 0 Å². The Morgan fingerprint density at radius 2 is 1.96 bits per heavy atom. The van der Waals surface area contributed by atoms with Crippen molar-refractivity contribution in [3.63, 3.8) is 0 Å². The van der Waals surface area contributed by atoms with Gasteiger partial charge in [-0.15, -0.1) is 0 Å². The molecule has 142 valence electrons. The van der Waals surface area contributed by atoms with Crippen LogP contribution in [-0.2, 0) is 15.8 Å². The number of carbonyl (C=O) groups is 2. The van der Waals surface area contributed by atoms with Gasteiger partial charge in [0.15, 0.2) is 0 Å². The number of piperidine rings is 1. The number of carbonyl (C=O) groups excluding carboxylic acids is 2. The number of aromatic nitrogens is 2. The second-order valence-electron chi connectivity index (χ2n) is 6.71. The van der Waals surface area contributed by atoms with Crippen molar-refractivity contribution in [1.82, 2.24) is 19.8 Å². The SMILES string of the molecule is CN1CC(C(=O)N2CCC(Nc3cc(C(F)(F)F)ncn3)CC2)CC1=O. The highest BCUT2D eigenvalue weighted by Gasteiger charge is 2.36. The van der Waals surface area contributed by atoms with Crippen LogP contribution >= 0.6 is 0 Å². The lowest BCUT2D eigenvalue weighted by Gasteiger charge is -2.34. The Bertz CT molecular complexity index is 689. The number of rotatable bonds is 3. The molecular formula is C16H20F3N5O2. The maximum Gasteiger partial charge on any atom is 0.433 e. The summed E-state index contributed by atoms with van der Waals surface area (Å²) in [7, 11) is 1.68. The van der Waals surface area contributed by atoms with Crippen molar-refractivity contribution in [3.05, 3.63) is 18.1 Å². The third-order valence-electron chi connectivity index (χ3n) is 4.81. The Balaban J connectivity index is 1.53. The first-order valence-corrected chi connectivity index (χ1v) is 8.42. The monoisotopic (exact) mass is 371 g/mol. The minimum Gasteiger partial charge on any atom is -0.367 e. The molecule has 0 saturated carbocycles. The molecule has 10 heteroatoms. The van der Waals surface area contributed by atoms with Gasteiger partial charge >= 0.3 is 6.18 Å². The van der Waals surface area contributed by atoms with E-state index < -0.39 is 11.9 Å². The Morgan fingerprint density at radius 1 is 1.27 bits per heavy atom. The second kappa shape index (κ2) is 7.08. The summed E-state index contributed by atoms with van der Waals surface area (Å²) in [5.41, 5.74) is -0.988. The molecule has 1 aromatic rings. The van der Waals surface area contributed by atoms with Gasteiger partial charge in [0, 0.05) is 45.2 Å². The van der Waals surface area contributed by atoms with Crippen LogP contribution in [0.3, 0.4) is 0 Å². The third-order valence-corrected chi connectivity index (χ3v) is 4.81. The van der Waals surface area contributed by atoms with Crippen molar-refractivity contribution < 1.29 is 22.8 Å². The van der Waals surface area contributed by atoms with Crippen molar-refractivity contribution in [2.24, 2.45) is 5.92 Å². The fraction of sp³-hybridized carbons (Fsp3) is 0.625. The topological polar surface area (TPSA) is 78.4 Å². The summed E-state index contributed by atoms with van der Waals surface area (Å²) in [5.74, 6) is -0.222. The average Bonchev–Trinajstić information content (AvgIpc) is 2.93. The fourth-order valence-electron chi connectivity index (χ4n) is 3.33. The van der Waals surface area contributed by atoms with Gasteiger partial charge in [0.05, 0.1) is 5.92 Å². The van der Waals surface area contributed by atoms with E-state index in [0.717, 1.165) is 12.4 Å². The Hall–Kier alpha value is -2.39. The van der Waals surface area contributed by atoms with Crippen LogP contribution in [0.25, 0.3) is 0 Å². The molecule has 1 aromatic heterocycles. The lowest BCUT2D eigenvalue weighted by Crippen LogP contribution is -2.45. The van der Waals surface area contributed by atoms with Gasteiger partial charge in [-0.25, -0.2) is 9.97 Å². The summed E-state index contributed by atoms with van der Waals surface area (Å²) in [6.45, 7) is 1.45. The molecular weight excluding hydrogens is 351 g/mol. The highest BCUT2D eigenvalue weighted by molar-refractivity contribution is 5.89. The maximum absolute atomic E-state index is 12.7. The molecule has 0 aromatic carbocycles. The van der Waals surface area contributed by atoms with E-state index in [1.807, 2.05) is 0 Å². The zero-order valence-electron chi connectivity index (χ0n) is 14.3. The zero-order chi connectivity index (χ0) is 18.9. The first kappa shape index (κ1) is 18.4. The van der Waals surface area contributed by atoms with Gasteiger partial charge in [0.1, 0.15) is 17.8 Å². The number of nitrogens with zero attached hydrogens (tertiary/aromatic N) is 4. The largest absolute Gasteiger partial charge is 0.433 e. The normalized spacial score (nSPS) is 22.0. The number of hydrogen-bond acceptors (Lipinski definition) is 5. The summed E-state index contributed by atoms with van der Waals surface area (Å²) >= 11 is 0. The molecule has 3 heterocycles. The fourth-order valence-corrected chi connectivity index (χ4v) is 3.33. The Kier molecular flexibility index (Phi) is 5.01. The highest BCUT2D eigenvalue weighted by atomic mass is 19.4. The van der Waals surface area contributed by atoms with Crippen molar-refractivity contribution in [3.8, 4) is 0 Å². The molecule has 26 heavy (non-hydrogen) atoms. The molecule has 7 nitrogen and oxygen atoms in total. The molecule has 1 unspecified atom stereocenters. The standard InChI is InChI=1S/C16H20F3N5O2/c1-23-8-10(6-14(23)25)15(26)24-4-2-11(3-5-24)22-13-7-12(16(17,18)19)20-9-21-13/h7,9-11H,2-6,8H2,1H3,(H,20,21,22). The minimum atomic E-state index is -4.51. The van der Waals surface area contributed by atoms with E-state index in [-0.39, 0.29) is 36.0 Å². The number of hydrogen-bond donors (Lipinski definition) is 1. The molecule has 0 radical (unpaired) electrons. The van der Waals surface area contributed by atoms with Gasteiger partial charge in [-0.05, 0) is 12.8 Å². The quantitative estimate of drug-likeness (QED) is 0.869. The van der Waals surface area contributed by atoms with Crippen molar-refractivity contribution in [2.75, 3.05) is 32.0 Å². The lowest BCUT2D eigenvalue weighted by molar-refractivity contribution is -0.141. The van der Waals surface area contributed by atoms with Crippen LogP contribution in [-0.4, -0.2) is 64.3 Å². The lowest BCUT2D eigenvalue weighted by atomic mass is 10.0. The number of likely N-dealkylation sites (tertiary alicyclic amines) is 2. The molecule has 1 atom stereocenters. The molecule has 3 rings (SSSR count). The third kappa shape index (κ3) is 4.05. The van der Waals surface area contributed by atoms with Gasteiger partial charge in [-0.1, -0.05) is 0 Å². The summed E-state index contributed by atoms with van der Waals surface area (Å²) in [6.07, 6.45) is -2.17. The van der Waals surface area contributed by atoms with E-state index in [1.54, 1.807) is 16.8 Å². The van der Waals surface area contributed by atoms with Gasteiger partial charge in [-0.2, -0.15) is 13.2 Å². The van der Waals surface area contributed by atoms with Crippen LogP contribution < -0.4 is 5.32 Å². The Morgan fingerprint density at radius 3 is 2.54 bits per heavy atom. The van der Waals surface area contributed by atoms with Gasteiger partial charge in [0.25, 0.3) is 0 Å². The van der Waals surface area contributed by atoms with Crippen LogP contribution in [0.15, 0.2) is 12.4 Å². The van der Waals surface area contributed by atoms with Crippen LogP contribution in [0.1, 0.15) is 25.0 Å². The number of anilines is 1. The second-order valence-corrected chi connectivity index (χ2v) is 6.71. The van der Waals surface area contributed by atoms with E-state index in [9.17, 15) is 22.8 Å². The van der Waals surface area contributed by atoms with E-state index in [0.29, 0.717) is 32.5 Å². The summed E-state index contributed by atoms with van der Waals surface area (Å²) in [6, 6.07) is 0.820. The molecule has 2 aliphatic heterocycles. The first-order valence-electron chi connectivity index (χ1n) is 8.42. The van der Waals surface area contributed by atoms with Gasteiger partial charge < -0.3 is 15.1 Å². The summed E-state index contributed by atoms with van der Waals surface area (Å²) < 4.78 is 38.1. The van der Waals surface area contributed by atoms with Gasteiger partial charge in [-0.3, -0.25) is 9.59 Å². The number of halogens is 3. The Labute approximate surface area is 148 Å². The summed E-state index contributed by atoms with van der Waals surface area (Å²) in [5, 5.41) is 2.99. The smallest absolute Gasteiger partial charge is 0.367 e. The summed E-state index contributed by atoms with van der Waals surface area (Å²) in [4.78, 5) is 34.4. The molecule has 0 spiro atoms. The molecule has 2 fully saturated rings. The number of amides is 2. The predicted molar refractivity (Wildman–Crippen MR) is 86.0 cm³/mol. The molecule has 2 amide bonds. The minimum absolute atomic E-state index is 0.0240. The predicted octanol–water partition coefficient (Wildman–Crippen LogP) is 1.38. The molecule has 1 N–H and O–H groups in total. The van der Waals surface area contributed by atoms with E-state index in [2.05, 4.69) is 15.3 Å². The number of nitrogens with one attached hydrogen (secondary N) is 1. The first-order chi connectivity index (χ1) is 12.2. The van der Waals surface area contributed by atoms with E-state index in [1.165, 1.54) is 0 Å². The van der Waals surface area contributed by atoms with Crippen LogP contribution in [0.4, 0.5) is 19.0 Å². The molecule has 2 saturated heterocycles. The molecule has 0 aliphatic carbocycles. The van der Waals surface area contributed by atoms with Crippen LogP contribution in [0.2, 0.25) is 0 Å². The maximum atomic E-state index is 12.7. The van der Waals surface area contributed by atoms with Crippen LogP contribution in [0, 0.1) is 5.92 Å². The average molecular weight is 371 g/mol. The zero-order valence-corrected chi connectivity index (χ0v) is 14.3. The molecule has 0 bridgehead atoms. The van der Waals surface area contributed by atoms with Gasteiger partial charge in [0.2, 0.25) is 11.8 Å². The van der Waals surface area contributed by atoms with E-state index in [4.69, 9.17) is 0 Å². The van der Waals surface area contributed by atoms with Crippen molar-refractivity contribution in [2.45, 2.75) is 31.5 Å². The van der Waals surface area contributed by atoms with Crippen molar-refractivity contribution in [1.29, 1.82) is 0 Å². The molecule has 2 aliphatic rings. The number of alkyl halides is 3.